The van der Waals surface area contributed by atoms with Crippen LogP contribution in [0.1, 0.15) is 13.3 Å². The van der Waals surface area contributed by atoms with E-state index in [4.69, 9.17) is 15.2 Å². The van der Waals surface area contributed by atoms with Gasteiger partial charge in [-0.2, -0.15) is 9.97 Å². The summed E-state index contributed by atoms with van der Waals surface area (Å²) in [5.41, 5.74) is 5.68. The fourth-order valence-corrected chi connectivity index (χ4v) is 1.77. The van der Waals surface area contributed by atoms with Crippen molar-refractivity contribution in [3.63, 3.8) is 0 Å². The highest BCUT2D eigenvalue weighted by Gasteiger charge is 2.14. The van der Waals surface area contributed by atoms with Crippen LogP contribution in [0.25, 0.3) is 0 Å². The molecule has 1 fully saturated rings. The Bertz CT molecular complexity index is 396. The lowest BCUT2D eigenvalue weighted by atomic mass is 10.3. The number of nitrogen functional groups attached to an aromatic ring is 1. The van der Waals surface area contributed by atoms with Gasteiger partial charge in [0.15, 0.2) is 0 Å². The van der Waals surface area contributed by atoms with E-state index in [1.54, 1.807) is 0 Å². The van der Waals surface area contributed by atoms with Crippen molar-refractivity contribution in [3.05, 3.63) is 6.07 Å². The minimum Gasteiger partial charge on any atom is -0.376 e. The van der Waals surface area contributed by atoms with E-state index in [0.717, 1.165) is 18.8 Å². The third-order valence-corrected chi connectivity index (χ3v) is 2.70. The van der Waals surface area contributed by atoms with Gasteiger partial charge in [0, 0.05) is 19.2 Å². The average Bonchev–Trinajstić information content (AvgIpc) is 2.43. The van der Waals surface area contributed by atoms with Crippen molar-refractivity contribution in [2.24, 2.45) is 0 Å². The fourth-order valence-electron chi connectivity index (χ4n) is 1.77. The molecule has 0 saturated carbocycles. The third kappa shape index (κ3) is 4.53. The summed E-state index contributed by atoms with van der Waals surface area (Å²) in [5, 5.41) is 6.38. The SMILES string of the molecule is CCCNc1cc(NCC2COCCO2)nc(N)n1. The Balaban J connectivity index is 1.89. The van der Waals surface area contributed by atoms with Crippen LogP contribution in [0.4, 0.5) is 17.6 Å². The lowest BCUT2D eigenvalue weighted by Gasteiger charge is -2.23. The first-order valence-electron chi connectivity index (χ1n) is 6.59. The maximum Gasteiger partial charge on any atom is 0.223 e. The van der Waals surface area contributed by atoms with E-state index in [9.17, 15) is 0 Å². The molecule has 1 aliphatic heterocycles. The first kappa shape index (κ1) is 13.8. The summed E-state index contributed by atoms with van der Waals surface area (Å²) in [7, 11) is 0. The molecular formula is C12H21N5O2. The van der Waals surface area contributed by atoms with Gasteiger partial charge >= 0.3 is 0 Å². The summed E-state index contributed by atoms with van der Waals surface area (Å²) in [6.45, 7) is 5.51. The quantitative estimate of drug-likeness (QED) is 0.698. The zero-order valence-electron chi connectivity index (χ0n) is 11.2. The Morgan fingerprint density at radius 1 is 1.32 bits per heavy atom. The molecule has 1 atom stereocenters. The Morgan fingerprint density at radius 3 is 2.79 bits per heavy atom. The van der Waals surface area contributed by atoms with Crippen molar-refractivity contribution in [2.75, 3.05) is 49.3 Å². The van der Waals surface area contributed by atoms with Gasteiger partial charge in [-0.15, -0.1) is 0 Å². The first-order valence-corrected chi connectivity index (χ1v) is 6.59. The van der Waals surface area contributed by atoms with Gasteiger partial charge in [0.25, 0.3) is 0 Å². The van der Waals surface area contributed by atoms with E-state index in [1.165, 1.54) is 0 Å². The van der Waals surface area contributed by atoms with Gasteiger partial charge in [0.2, 0.25) is 5.95 Å². The van der Waals surface area contributed by atoms with Crippen molar-refractivity contribution >= 4 is 17.6 Å². The normalized spacial score (nSPS) is 19.1. The van der Waals surface area contributed by atoms with Crippen molar-refractivity contribution in [1.29, 1.82) is 0 Å². The molecule has 2 heterocycles. The summed E-state index contributed by atoms with van der Waals surface area (Å²) in [5.74, 6) is 1.68. The van der Waals surface area contributed by atoms with Gasteiger partial charge < -0.3 is 25.8 Å². The van der Waals surface area contributed by atoms with Crippen LogP contribution in [-0.4, -0.2) is 49.0 Å². The number of ether oxygens (including phenoxy) is 2. The molecule has 1 saturated heterocycles. The predicted molar refractivity (Wildman–Crippen MR) is 74.3 cm³/mol. The van der Waals surface area contributed by atoms with Gasteiger partial charge in [-0.25, -0.2) is 0 Å². The lowest BCUT2D eigenvalue weighted by molar-refractivity contribution is -0.0819. The summed E-state index contributed by atoms with van der Waals surface area (Å²) >= 11 is 0. The standard InChI is InChI=1S/C12H21N5O2/c1-2-3-14-10-6-11(17-12(13)16-10)15-7-9-8-18-4-5-19-9/h6,9H,2-5,7-8H2,1H3,(H4,13,14,15,16,17). The number of nitrogens with one attached hydrogen (secondary N) is 2. The maximum absolute atomic E-state index is 5.68. The molecule has 19 heavy (non-hydrogen) atoms. The minimum absolute atomic E-state index is 0.0528. The van der Waals surface area contributed by atoms with Gasteiger partial charge in [-0.05, 0) is 6.42 Å². The number of nitrogens with zero attached hydrogens (tertiary/aromatic N) is 2. The van der Waals surface area contributed by atoms with E-state index in [2.05, 4.69) is 27.5 Å². The largest absolute Gasteiger partial charge is 0.376 e. The summed E-state index contributed by atoms with van der Waals surface area (Å²) in [4.78, 5) is 8.27. The number of anilines is 3. The average molecular weight is 267 g/mol. The number of hydrogen-bond donors (Lipinski definition) is 3. The molecule has 1 unspecified atom stereocenters. The summed E-state index contributed by atoms with van der Waals surface area (Å²) < 4.78 is 10.9. The molecule has 0 amide bonds. The van der Waals surface area contributed by atoms with E-state index < -0.39 is 0 Å². The van der Waals surface area contributed by atoms with E-state index in [0.29, 0.717) is 32.2 Å². The van der Waals surface area contributed by atoms with Crippen molar-refractivity contribution in [2.45, 2.75) is 19.4 Å². The molecule has 1 aliphatic rings. The second kappa shape index (κ2) is 7.10. The van der Waals surface area contributed by atoms with E-state index >= 15 is 0 Å². The molecule has 7 heteroatoms. The lowest BCUT2D eigenvalue weighted by Crippen LogP contribution is -2.34. The smallest absolute Gasteiger partial charge is 0.223 e. The van der Waals surface area contributed by atoms with Crippen LogP contribution in [0.3, 0.4) is 0 Å². The van der Waals surface area contributed by atoms with Crippen molar-refractivity contribution in [1.82, 2.24) is 9.97 Å². The number of hydrogen-bond acceptors (Lipinski definition) is 7. The maximum atomic E-state index is 5.68. The van der Waals surface area contributed by atoms with Gasteiger partial charge in [-0.1, -0.05) is 6.92 Å². The Kier molecular flexibility index (Phi) is 5.17. The zero-order valence-corrected chi connectivity index (χ0v) is 11.2. The Labute approximate surface area is 112 Å². The molecule has 1 aromatic rings. The van der Waals surface area contributed by atoms with Crippen LogP contribution < -0.4 is 16.4 Å². The van der Waals surface area contributed by atoms with Crippen LogP contribution >= 0.6 is 0 Å². The molecule has 0 radical (unpaired) electrons. The molecule has 106 valence electrons. The fraction of sp³-hybridized carbons (Fsp3) is 0.667. The molecule has 7 nitrogen and oxygen atoms in total. The number of aromatic nitrogens is 2. The number of nitrogens with two attached hydrogens (primary N) is 1. The van der Waals surface area contributed by atoms with Crippen LogP contribution in [0.5, 0.6) is 0 Å². The van der Waals surface area contributed by atoms with Crippen LogP contribution in [-0.2, 0) is 9.47 Å². The zero-order chi connectivity index (χ0) is 13.5. The molecule has 1 aromatic heterocycles. The van der Waals surface area contributed by atoms with E-state index in [-0.39, 0.29) is 12.1 Å². The number of rotatable bonds is 6. The molecule has 2 rings (SSSR count). The first-order chi connectivity index (χ1) is 9.28. The highest BCUT2D eigenvalue weighted by molar-refractivity contribution is 5.51. The van der Waals surface area contributed by atoms with Gasteiger partial charge in [0.05, 0.1) is 25.9 Å². The van der Waals surface area contributed by atoms with Gasteiger partial charge in [-0.3, -0.25) is 0 Å². The highest BCUT2D eigenvalue weighted by atomic mass is 16.6. The monoisotopic (exact) mass is 267 g/mol. The van der Waals surface area contributed by atoms with Crippen LogP contribution in [0.2, 0.25) is 0 Å². The van der Waals surface area contributed by atoms with Crippen LogP contribution in [0, 0.1) is 0 Å². The molecule has 0 aromatic carbocycles. The summed E-state index contributed by atoms with van der Waals surface area (Å²) in [6, 6.07) is 1.84. The van der Waals surface area contributed by atoms with E-state index in [1.807, 2.05) is 6.07 Å². The molecule has 4 N–H and O–H groups in total. The van der Waals surface area contributed by atoms with Crippen molar-refractivity contribution in [3.8, 4) is 0 Å². The highest BCUT2D eigenvalue weighted by Crippen LogP contribution is 2.13. The summed E-state index contributed by atoms with van der Waals surface area (Å²) in [6.07, 6.45) is 1.08. The van der Waals surface area contributed by atoms with Crippen LogP contribution in [0.15, 0.2) is 6.07 Å². The second-order valence-corrected chi connectivity index (χ2v) is 4.37. The topological polar surface area (TPSA) is 94.3 Å². The third-order valence-electron chi connectivity index (χ3n) is 2.70. The molecule has 0 bridgehead atoms. The molecule has 0 aliphatic carbocycles. The van der Waals surface area contributed by atoms with Crippen molar-refractivity contribution < 1.29 is 9.47 Å². The molecular weight excluding hydrogens is 246 g/mol. The Hall–Kier alpha value is -1.60. The second-order valence-electron chi connectivity index (χ2n) is 4.37. The minimum atomic E-state index is 0.0528. The predicted octanol–water partition coefficient (Wildman–Crippen LogP) is 0.708. The van der Waals surface area contributed by atoms with Gasteiger partial charge in [0.1, 0.15) is 11.6 Å². The Morgan fingerprint density at radius 2 is 2.11 bits per heavy atom. The molecule has 0 spiro atoms.